The molecule has 2 rings (SSSR count). The van der Waals surface area contributed by atoms with Gasteiger partial charge in [-0.05, 0) is 33.3 Å². The van der Waals surface area contributed by atoms with Crippen LogP contribution in [0.4, 0.5) is 5.69 Å². The highest BCUT2D eigenvalue weighted by Gasteiger charge is 2.45. The van der Waals surface area contributed by atoms with Crippen LogP contribution in [0, 0.1) is 10.1 Å². The minimum Gasteiger partial charge on any atom is -0.466 e. The zero-order chi connectivity index (χ0) is 26.0. The topological polar surface area (TPSA) is 135 Å². The lowest BCUT2D eigenvalue weighted by molar-refractivity contribution is -0.384. The smallest absolute Gasteiger partial charge is 0.360 e. The molecule has 1 aromatic rings. The number of nitrogens with one attached hydrogen (secondary N) is 1. The predicted octanol–water partition coefficient (Wildman–Crippen LogP) is 4.26. The fraction of sp³-hybridized carbons (Fsp3) is 0.522. The average Bonchev–Trinajstić information content (AvgIpc) is 2.83. The molecule has 1 aliphatic rings. The van der Waals surface area contributed by atoms with Crippen LogP contribution < -0.4 is 5.32 Å². The summed E-state index contributed by atoms with van der Waals surface area (Å²) < 4.78 is 41.5. The summed E-state index contributed by atoms with van der Waals surface area (Å²) in [6.45, 7) is 8.19. The lowest BCUT2D eigenvalue weighted by Crippen LogP contribution is -2.29. The standard InChI is InChI=1S/C23H33N2O9P/c1-6-31-11-13-33-35(29,34-14-12-32-7-2)22-17(4)24-16(3)20(23(26)30-5)21(22)18-9-8-10-19(15-18)25(27)28/h8-10,15,21,24H,6-7,11-14H2,1-5H3. The number of carbonyl (C=O) groups excluding carboxylic acids is 1. The number of dihydropyridines is 1. The van der Waals surface area contributed by atoms with E-state index >= 15 is 0 Å². The van der Waals surface area contributed by atoms with Crippen LogP contribution in [0.1, 0.15) is 39.2 Å². The fourth-order valence-corrected chi connectivity index (χ4v) is 5.81. The van der Waals surface area contributed by atoms with E-state index in [9.17, 15) is 19.5 Å². The monoisotopic (exact) mass is 512 g/mol. The number of ether oxygens (including phenoxy) is 3. The van der Waals surface area contributed by atoms with Crippen molar-refractivity contribution in [3.8, 4) is 0 Å². The lowest BCUT2D eigenvalue weighted by atomic mass is 9.86. The molecule has 1 N–H and O–H groups in total. The average molecular weight is 512 g/mol. The molecule has 0 amide bonds. The van der Waals surface area contributed by atoms with E-state index in [0.29, 0.717) is 30.2 Å². The van der Waals surface area contributed by atoms with Gasteiger partial charge in [0.15, 0.2) is 0 Å². The Morgan fingerprint density at radius 3 is 2.17 bits per heavy atom. The highest BCUT2D eigenvalue weighted by molar-refractivity contribution is 7.58. The van der Waals surface area contributed by atoms with E-state index < -0.39 is 24.4 Å². The van der Waals surface area contributed by atoms with Crippen molar-refractivity contribution in [3.63, 3.8) is 0 Å². The second-order valence-electron chi connectivity index (χ2n) is 7.51. The first-order valence-electron chi connectivity index (χ1n) is 11.3. The molecule has 12 heteroatoms. The van der Waals surface area contributed by atoms with Crippen LogP contribution in [0.15, 0.2) is 46.5 Å². The van der Waals surface area contributed by atoms with Crippen molar-refractivity contribution in [2.45, 2.75) is 33.6 Å². The summed E-state index contributed by atoms with van der Waals surface area (Å²) in [5.74, 6) is -1.65. The Morgan fingerprint density at radius 1 is 1.06 bits per heavy atom. The van der Waals surface area contributed by atoms with Crippen molar-refractivity contribution in [2.24, 2.45) is 0 Å². The molecule has 1 unspecified atom stereocenters. The molecule has 0 fully saturated rings. The number of benzene rings is 1. The maximum atomic E-state index is 14.3. The highest BCUT2D eigenvalue weighted by atomic mass is 31.2. The Morgan fingerprint density at radius 2 is 1.66 bits per heavy atom. The molecule has 0 spiro atoms. The van der Waals surface area contributed by atoms with Gasteiger partial charge >= 0.3 is 13.6 Å². The second-order valence-corrected chi connectivity index (χ2v) is 9.50. The Hall–Kier alpha value is -2.56. The molecule has 0 saturated heterocycles. The molecular weight excluding hydrogens is 479 g/mol. The van der Waals surface area contributed by atoms with E-state index in [2.05, 4.69) is 5.32 Å². The number of nitrogens with zero attached hydrogens (tertiary/aromatic N) is 1. The molecule has 0 bridgehead atoms. The Bertz CT molecular complexity index is 1010. The van der Waals surface area contributed by atoms with Crippen molar-refractivity contribution in [2.75, 3.05) is 46.8 Å². The minimum atomic E-state index is -4.06. The zero-order valence-corrected chi connectivity index (χ0v) is 21.6. The van der Waals surface area contributed by atoms with Crippen LogP contribution >= 0.6 is 7.60 Å². The Kier molecular flexibility index (Phi) is 11.1. The number of rotatable bonds is 14. The van der Waals surface area contributed by atoms with E-state index in [1.54, 1.807) is 19.9 Å². The minimum absolute atomic E-state index is 0.0333. The van der Waals surface area contributed by atoms with Crippen LogP contribution in [0.25, 0.3) is 0 Å². The summed E-state index contributed by atoms with van der Waals surface area (Å²) in [7, 11) is -2.83. The number of hydrogen-bond acceptors (Lipinski definition) is 10. The molecule has 35 heavy (non-hydrogen) atoms. The van der Waals surface area contributed by atoms with Crippen LogP contribution in [0.3, 0.4) is 0 Å². The molecule has 194 valence electrons. The van der Waals surface area contributed by atoms with Crippen molar-refractivity contribution >= 4 is 19.3 Å². The second kappa shape index (κ2) is 13.5. The lowest BCUT2D eigenvalue weighted by Gasteiger charge is -2.34. The number of nitro groups is 1. The molecule has 1 aliphatic heterocycles. The van der Waals surface area contributed by atoms with Gasteiger partial charge in [0.1, 0.15) is 0 Å². The van der Waals surface area contributed by atoms with Gasteiger partial charge in [0.25, 0.3) is 5.69 Å². The van der Waals surface area contributed by atoms with Gasteiger partial charge < -0.3 is 28.6 Å². The van der Waals surface area contributed by atoms with Gasteiger partial charge in [-0.25, -0.2) is 4.79 Å². The van der Waals surface area contributed by atoms with Gasteiger partial charge in [-0.2, -0.15) is 0 Å². The molecule has 1 heterocycles. The van der Waals surface area contributed by atoms with Crippen molar-refractivity contribution in [1.29, 1.82) is 0 Å². The van der Waals surface area contributed by atoms with E-state index in [0.717, 1.165) is 0 Å². The first kappa shape index (κ1) is 28.7. The van der Waals surface area contributed by atoms with Gasteiger partial charge in [0.05, 0.1) is 55.3 Å². The number of carbonyl (C=O) groups is 1. The van der Waals surface area contributed by atoms with Gasteiger partial charge in [-0.1, -0.05) is 12.1 Å². The summed E-state index contributed by atoms with van der Waals surface area (Å²) in [4.78, 5) is 23.8. The van der Waals surface area contributed by atoms with Crippen LogP contribution in [-0.2, 0) is 32.6 Å². The number of non-ortho nitro benzene ring substituents is 1. The molecule has 0 aliphatic carbocycles. The van der Waals surface area contributed by atoms with Crippen LogP contribution in [0.5, 0.6) is 0 Å². The first-order valence-corrected chi connectivity index (χ1v) is 12.8. The number of allylic oxidation sites excluding steroid dienone is 3. The van der Waals surface area contributed by atoms with Gasteiger partial charge in [-0.15, -0.1) is 0 Å². The third kappa shape index (κ3) is 7.22. The number of hydrogen-bond donors (Lipinski definition) is 1. The number of nitro benzene ring substituents is 1. The summed E-state index contributed by atoms with van der Waals surface area (Å²) in [5, 5.41) is 14.7. The predicted molar refractivity (Wildman–Crippen MR) is 129 cm³/mol. The molecule has 0 radical (unpaired) electrons. The van der Waals surface area contributed by atoms with Gasteiger partial charge in [0.2, 0.25) is 0 Å². The first-order chi connectivity index (χ1) is 16.7. The van der Waals surface area contributed by atoms with Gasteiger partial charge in [0, 0.05) is 36.7 Å². The largest absolute Gasteiger partial charge is 0.466 e. The highest BCUT2D eigenvalue weighted by Crippen LogP contribution is 2.64. The maximum absolute atomic E-state index is 14.3. The third-order valence-corrected chi connectivity index (χ3v) is 7.45. The number of methoxy groups -OCH3 is 1. The Balaban J connectivity index is 2.65. The summed E-state index contributed by atoms with van der Waals surface area (Å²) >= 11 is 0. The van der Waals surface area contributed by atoms with E-state index in [-0.39, 0.29) is 43.0 Å². The van der Waals surface area contributed by atoms with Crippen molar-refractivity contribution in [1.82, 2.24) is 5.32 Å². The zero-order valence-electron chi connectivity index (χ0n) is 20.7. The van der Waals surface area contributed by atoms with E-state index in [1.807, 2.05) is 13.8 Å². The Labute approximate surface area is 205 Å². The SMILES string of the molecule is CCOCCOP(=O)(OCCOCC)C1=C(C)NC(C)=C(C(=O)OC)C1c1cccc([N+](=O)[O-])c1. The normalized spacial score (nSPS) is 16.3. The number of esters is 1. The molecule has 11 nitrogen and oxygen atoms in total. The third-order valence-electron chi connectivity index (χ3n) is 5.23. The molecule has 1 aromatic carbocycles. The van der Waals surface area contributed by atoms with Crippen LogP contribution in [-0.4, -0.2) is 57.6 Å². The summed E-state index contributed by atoms with van der Waals surface area (Å²) in [6, 6.07) is 5.80. The quantitative estimate of drug-likeness (QED) is 0.127. The molecule has 1 atom stereocenters. The van der Waals surface area contributed by atoms with Gasteiger partial charge in [-0.3, -0.25) is 14.7 Å². The van der Waals surface area contributed by atoms with Crippen LogP contribution in [0.2, 0.25) is 0 Å². The van der Waals surface area contributed by atoms with E-state index in [1.165, 1.54) is 25.3 Å². The van der Waals surface area contributed by atoms with Crippen molar-refractivity contribution in [3.05, 3.63) is 62.2 Å². The maximum Gasteiger partial charge on any atom is 0.360 e. The van der Waals surface area contributed by atoms with Crippen molar-refractivity contribution < 1.29 is 37.5 Å². The molecular formula is C23H33N2O9P. The molecule has 0 saturated carbocycles. The summed E-state index contributed by atoms with van der Waals surface area (Å²) in [6.07, 6.45) is 0. The fourth-order valence-electron chi connectivity index (χ4n) is 3.77. The summed E-state index contributed by atoms with van der Waals surface area (Å²) in [5.41, 5.74) is 1.25. The van der Waals surface area contributed by atoms with E-state index in [4.69, 9.17) is 23.3 Å². The molecule has 0 aromatic heterocycles.